The van der Waals surface area contributed by atoms with E-state index in [0.29, 0.717) is 12.4 Å². The predicted octanol–water partition coefficient (Wildman–Crippen LogP) is 2.65. The summed E-state index contributed by atoms with van der Waals surface area (Å²) in [4.78, 5) is 11.2. The molecule has 0 amide bonds. The van der Waals surface area contributed by atoms with E-state index in [1.165, 1.54) is 18.2 Å². The topological polar surface area (TPSA) is 26.3 Å². The number of ketones is 1. The monoisotopic (exact) mass is 216 g/mol. The molecule has 0 saturated heterocycles. The zero-order valence-electron chi connectivity index (χ0n) is 7.72. The summed E-state index contributed by atoms with van der Waals surface area (Å²) in [7, 11) is 0. The predicted molar refractivity (Wildman–Crippen MR) is 52.6 cm³/mol. The van der Waals surface area contributed by atoms with Gasteiger partial charge in [0.15, 0.2) is 5.78 Å². The zero-order valence-corrected chi connectivity index (χ0v) is 8.47. The highest BCUT2D eigenvalue weighted by Gasteiger charge is 2.11. The van der Waals surface area contributed by atoms with Crippen LogP contribution >= 0.6 is 11.6 Å². The molecule has 0 radical (unpaired) electrons. The molecule has 14 heavy (non-hydrogen) atoms. The fraction of sp³-hybridized carbons (Fsp3) is 0.300. The number of Topliss-reactive ketones (excluding diaryl/α,β-unsaturated/α-hetero) is 1. The highest BCUT2D eigenvalue weighted by molar-refractivity contribution is 6.30. The third-order valence-corrected chi connectivity index (χ3v) is 1.91. The van der Waals surface area contributed by atoms with Crippen LogP contribution in [0.3, 0.4) is 0 Å². The summed E-state index contributed by atoms with van der Waals surface area (Å²) in [5, 5.41) is 0. The Labute approximate surface area is 86.6 Å². The number of alkyl halides is 1. The molecule has 1 rings (SSSR count). The Kier molecular flexibility index (Phi) is 3.89. The van der Waals surface area contributed by atoms with Crippen molar-refractivity contribution in [1.82, 2.24) is 0 Å². The molecule has 1 aromatic rings. The molecule has 0 heterocycles. The van der Waals surface area contributed by atoms with Crippen LogP contribution in [0.25, 0.3) is 0 Å². The molecular weight excluding hydrogens is 207 g/mol. The minimum absolute atomic E-state index is 0.0223. The quantitative estimate of drug-likeness (QED) is 0.571. The van der Waals surface area contributed by atoms with Gasteiger partial charge in [0.2, 0.25) is 0 Å². The van der Waals surface area contributed by atoms with Gasteiger partial charge in [0.05, 0.1) is 18.1 Å². The third-order valence-electron chi connectivity index (χ3n) is 1.67. The van der Waals surface area contributed by atoms with Crippen molar-refractivity contribution in [3.63, 3.8) is 0 Å². The summed E-state index contributed by atoms with van der Waals surface area (Å²) in [5.74, 6) is -0.765. The van der Waals surface area contributed by atoms with Crippen LogP contribution in [0.15, 0.2) is 18.2 Å². The molecule has 76 valence electrons. The molecule has 0 aliphatic heterocycles. The van der Waals surface area contributed by atoms with E-state index >= 15 is 0 Å². The van der Waals surface area contributed by atoms with Gasteiger partial charge < -0.3 is 4.74 Å². The lowest BCUT2D eigenvalue weighted by molar-refractivity contribution is 0.101. The lowest BCUT2D eigenvalue weighted by atomic mass is 10.1. The van der Waals surface area contributed by atoms with E-state index < -0.39 is 11.6 Å². The highest BCUT2D eigenvalue weighted by Crippen LogP contribution is 2.17. The first-order valence-electron chi connectivity index (χ1n) is 4.20. The maximum Gasteiger partial charge on any atom is 0.180 e. The first-order valence-corrected chi connectivity index (χ1v) is 4.74. The van der Waals surface area contributed by atoms with Gasteiger partial charge in [0.25, 0.3) is 0 Å². The molecule has 0 spiro atoms. The average Bonchev–Trinajstić information content (AvgIpc) is 2.20. The second-order valence-electron chi connectivity index (χ2n) is 2.63. The average molecular weight is 217 g/mol. The van der Waals surface area contributed by atoms with Crippen LogP contribution in [-0.2, 0) is 0 Å². The van der Waals surface area contributed by atoms with E-state index in [4.69, 9.17) is 16.3 Å². The van der Waals surface area contributed by atoms with Crippen LogP contribution in [0.5, 0.6) is 5.75 Å². The lowest BCUT2D eigenvalue weighted by Gasteiger charge is -2.05. The van der Waals surface area contributed by atoms with Gasteiger partial charge in [0, 0.05) is 0 Å². The molecule has 0 bridgehead atoms. The van der Waals surface area contributed by atoms with E-state index in [1.807, 2.05) is 6.92 Å². The summed E-state index contributed by atoms with van der Waals surface area (Å²) in [6.45, 7) is 2.28. The van der Waals surface area contributed by atoms with Crippen LogP contribution in [0.1, 0.15) is 17.3 Å². The Morgan fingerprint density at radius 1 is 1.57 bits per heavy atom. The summed E-state index contributed by atoms with van der Waals surface area (Å²) >= 11 is 5.33. The molecule has 0 aliphatic carbocycles. The fourth-order valence-electron chi connectivity index (χ4n) is 1.05. The van der Waals surface area contributed by atoms with Gasteiger partial charge in [0.1, 0.15) is 11.6 Å². The first kappa shape index (κ1) is 11.0. The van der Waals surface area contributed by atoms with Crippen molar-refractivity contribution >= 4 is 17.4 Å². The van der Waals surface area contributed by atoms with Crippen molar-refractivity contribution < 1.29 is 13.9 Å². The zero-order chi connectivity index (χ0) is 10.6. The van der Waals surface area contributed by atoms with Gasteiger partial charge in [-0.05, 0) is 25.1 Å². The molecule has 0 unspecified atom stereocenters. The van der Waals surface area contributed by atoms with Gasteiger partial charge in [-0.1, -0.05) is 0 Å². The second-order valence-corrected chi connectivity index (χ2v) is 2.90. The van der Waals surface area contributed by atoms with Crippen LogP contribution < -0.4 is 4.74 Å². The van der Waals surface area contributed by atoms with Crippen molar-refractivity contribution in [3.05, 3.63) is 29.6 Å². The van der Waals surface area contributed by atoms with Gasteiger partial charge in [-0.15, -0.1) is 11.6 Å². The molecular formula is C10H10ClFO2. The maximum absolute atomic E-state index is 13.1. The smallest absolute Gasteiger partial charge is 0.180 e. The molecule has 4 heteroatoms. The van der Waals surface area contributed by atoms with Gasteiger partial charge in [-0.25, -0.2) is 4.39 Å². The molecule has 0 aromatic heterocycles. The minimum Gasteiger partial charge on any atom is -0.494 e. The molecule has 0 fully saturated rings. The van der Waals surface area contributed by atoms with Crippen molar-refractivity contribution in [3.8, 4) is 5.75 Å². The lowest BCUT2D eigenvalue weighted by Crippen LogP contribution is -2.04. The number of hydrogen-bond donors (Lipinski definition) is 0. The Hall–Kier alpha value is -1.09. The number of ether oxygens (including phenoxy) is 1. The van der Waals surface area contributed by atoms with E-state index in [2.05, 4.69) is 0 Å². The van der Waals surface area contributed by atoms with E-state index in [9.17, 15) is 9.18 Å². The van der Waals surface area contributed by atoms with E-state index in [1.54, 1.807) is 0 Å². The normalized spacial score (nSPS) is 9.93. The Balaban J connectivity index is 3.01. The Bertz CT molecular complexity index is 339. The van der Waals surface area contributed by atoms with Crippen LogP contribution in [0.2, 0.25) is 0 Å². The fourth-order valence-corrected chi connectivity index (χ4v) is 1.19. The number of benzene rings is 1. The molecule has 2 nitrogen and oxygen atoms in total. The minimum atomic E-state index is -0.570. The van der Waals surface area contributed by atoms with E-state index in [0.717, 1.165) is 0 Å². The van der Waals surface area contributed by atoms with Crippen LogP contribution in [-0.4, -0.2) is 18.3 Å². The van der Waals surface area contributed by atoms with Gasteiger partial charge in [-0.3, -0.25) is 4.79 Å². The van der Waals surface area contributed by atoms with Gasteiger partial charge >= 0.3 is 0 Å². The second kappa shape index (κ2) is 4.96. The van der Waals surface area contributed by atoms with Crippen molar-refractivity contribution in [1.29, 1.82) is 0 Å². The Morgan fingerprint density at radius 3 is 2.86 bits per heavy atom. The summed E-state index contributed by atoms with van der Waals surface area (Å²) in [5.41, 5.74) is -0.0223. The third kappa shape index (κ3) is 2.45. The standard InChI is InChI=1S/C10H10ClFO2/c1-2-14-7-3-4-9(12)8(5-7)10(13)6-11/h3-5H,2,6H2,1H3. The summed E-state index contributed by atoms with van der Waals surface area (Å²) in [6.07, 6.45) is 0. The molecule has 0 N–H and O–H groups in total. The first-order chi connectivity index (χ1) is 6.69. The summed E-state index contributed by atoms with van der Waals surface area (Å²) < 4.78 is 18.2. The SMILES string of the molecule is CCOc1ccc(F)c(C(=O)CCl)c1. The molecule has 0 atom stereocenters. The Morgan fingerprint density at radius 2 is 2.29 bits per heavy atom. The van der Waals surface area contributed by atoms with Crippen LogP contribution in [0.4, 0.5) is 4.39 Å². The molecule has 0 saturated carbocycles. The summed E-state index contributed by atoms with van der Waals surface area (Å²) in [6, 6.07) is 4.04. The van der Waals surface area contributed by atoms with Crippen molar-refractivity contribution in [2.75, 3.05) is 12.5 Å². The highest BCUT2D eigenvalue weighted by atomic mass is 35.5. The van der Waals surface area contributed by atoms with Crippen molar-refractivity contribution in [2.24, 2.45) is 0 Å². The molecule has 0 aliphatic rings. The number of rotatable bonds is 4. The number of carbonyl (C=O) groups excluding carboxylic acids is 1. The number of carbonyl (C=O) groups is 1. The largest absolute Gasteiger partial charge is 0.494 e. The van der Waals surface area contributed by atoms with E-state index in [-0.39, 0.29) is 11.4 Å². The number of halogens is 2. The molecule has 1 aromatic carbocycles. The maximum atomic E-state index is 13.1. The van der Waals surface area contributed by atoms with Crippen molar-refractivity contribution in [2.45, 2.75) is 6.92 Å². The van der Waals surface area contributed by atoms with Gasteiger partial charge in [-0.2, -0.15) is 0 Å². The van der Waals surface area contributed by atoms with Crippen LogP contribution in [0, 0.1) is 5.82 Å². The number of hydrogen-bond acceptors (Lipinski definition) is 2.